The maximum atomic E-state index is 6.14. The van der Waals surface area contributed by atoms with Gasteiger partial charge in [-0.2, -0.15) is 0 Å². The van der Waals surface area contributed by atoms with E-state index in [0.717, 1.165) is 58.1 Å². The van der Waals surface area contributed by atoms with Crippen molar-refractivity contribution in [2.45, 2.75) is 45.3 Å². The van der Waals surface area contributed by atoms with E-state index in [-0.39, 0.29) is 36.2 Å². The summed E-state index contributed by atoms with van der Waals surface area (Å²) in [4.78, 5) is 6.58. The standard InChI is InChI=1S/C23H40N4O2.HI/c1-6-28-21(13-14-27(4)5)17-26-23(24-3)25-16-20-8-7-15-29-22(20)19-11-9-18(2)10-12-19;/h9-12,20-22H,6-8,13-17H2,1-5H3,(H2,24,25,26);1H. The quantitative estimate of drug-likeness (QED) is 0.274. The summed E-state index contributed by atoms with van der Waals surface area (Å²) in [7, 11) is 6.00. The Hall–Kier alpha value is -0.900. The first-order valence-electron chi connectivity index (χ1n) is 10.9. The van der Waals surface area contributed by atoms with E-state index in [0.29, 0.717) is 5.92 Å². The second-order valence-corrected chi connectivity index (χ2v) is 8.11. The van der Waals surface area contributed by atoms with Crippen molar-refractivity contribution in [3.8, 4) is 0 Å². The third-order valence-electron chi connectivity index (χ3n) is 5.40. The van der Waals surface area contributed by atoms with E-state index in [1.54, 1.807) is 0 Å². The van der Waals surface area contributed by atoms with Crippen molar-refractivity contribution in [1.29, 1.82) is 0 Å². The van der Waals surface area contributed by atoms with Gasteiger partial charge in [-0.05, 0) is 52.8 Å². The second-order valence-electron chi connectivity index (χ2n) is 8.11. The van der Waals surface area contributed by atoms with Crippen LogP contribution in [0.15, 0.2) is 29.3 Å². The van der Waals surface area contributed by atoms with Crippen LogP contribution in [-0.2, 0) is 9.47 Å². The van der Waals surface area contributed by atoms with Crippen molar-refractivity contribution < 1.29 is 9.47 Å². The van der Waals surface area contributed by atoms with E-state index in [1.165, 1.54) is 11.1 Å². The number of aliphatic imine (C=N–C) groups is 1. The molecule has 3 unspecified atom stereocenters. The molecule has 7 heteroatoms. The molecule has 0 bridgehead atoms. The molecule has 1 aliphatic rings. The van der Waals surface area contributed by atoms with Gasteiger partial charge in [0.2, 0.25) is 0 Å². The second kappa shape index (κ2) is 15.0. The lowest BCUT2D eigenvalue weighted by molar-refractivity contribution is -0.0265. The molecule has 1 aromatic rings. The summed E-state index contributed by atoms with van der Waals surface area (Å²) in [6, 6.07) is 8.73. The molecule has 1 aliphatic heterocycles. The first-order valence-corrected chi connectivity index (χ1v) is 10.9. The van der Waals surface area contributed by atoms with Gasteiger partial charge in [0.1, 0.15) is 0 Å². The number of nitrogens with one attached hydrogen (secondary N) is 2. The van der Waals surface area contributed by atoms with Gasteiger partial charge in [0.25, 0.3) is 0 Å². The molecule has 2 N–H and O–H groups in total. The van der Waals surface area contributed by atoms with Gasteiger partial charge in [-0.25, -0.2) is 0 Å². The van der Waals surface area contributed by atoms with Gasteiger partial charge >= 0.3 is 0 Å². The average molecular weight is 533 g/mol. The number of ether oxygens (including phenoxy) is 2. The minimum atomic E-state index is 0. The van der Waals surface area contributed by atoms with Gasteiger partial charge < -0.3 is 25.0 Å². The maximum Gasteiger partial charge on any atom is 0.191 e. The monoisotopic (exact) mass is 532 g/mol. The zero-order valence-corrected chi connectivity index (χ0v) is 21.6. The molecule has 0 aromatic heterocycles. The maximum absolute atomic E-state index is 6.14. The molecular weight excluding hydrogens is 491 g/mol. The fourth-order valence-corrected chi connectivity index (χ4v) is 3.72. The van der Waals surface area contributed by atoms with Crippen molar-refractivity contribution in [2.24, 2.45) is 10.9 Å². The molecule has 1 fully saturated rings. The zero-order valence-electron chi connectivity index (χ0n) is 19.3. The van der Waals surface area contributed by atoms with E-state index in [2.05, 4.69) is 65.8 Å². The van der Waals surface area contributed by atoms with E-state index in [9.17, 15) is 0 Å². The Bertz CT molecular complexity index is 610. The molecular formula is C23H41IN4O2. The molecule has 6 nitrogen and oxygen atoms in total. The predicted octanol–water partition coefficient (Wildman–Crippen LogP) is 3.60. The highest BCUT2D eigenvalue weighted by atomic mass is 127. The molecule has 0 radical (unpaired) electrons. The van der Waals surface area contributed by atoms with Crippen molar-refractivity contribution in [3.05, 3.63) is 35.4 Å². The number of benzene rings is 1. The molecule has 0 aliphatic carbocycles. The first kappa shape index (κ1) is 27.1. The third kappa shape index (κ3) is 9.49. The summed E-state index contributed by atoms with van der Waals surface area (Å²) in [5, 5.41) is 6.94. The van der Waals surface area contributed by atoms with E-state index in [4.69, 9.17) is 9.47 Å². The van der Waals surface area contributed by atoms with Crippen molar-refractivity contribution >= 4 is 29.9 Å². The predicted molar refractivity (Wildman–Crippen MR) is 136 cm³/mol. The number of guanidine groups is 1. The molecule has 0 amide bonds. The summed E-state index contributed by atoms with van der Waals surface area (Å²) in [6.45, 7) is 8.33. The van der Waals surface area contributed by atoms with Crippen LogP contribution in [0.4, 0.5) is 0 Å². The number of halogens is 1. The Balaban J connectivity index is 0.00000450. The first-order chi connectivity index (χ1) is 14.0. The van der Waals surface area contributed by atoms with E-state index < -0.39 is 0 Å². The Morgan fingerprint density at radius 3 is 2.63 bits per heavy atom. The van der Waals surface area contributed by atoms with Crippen molar-refractivity contribution in [3.63, 3.8) is 0 Å². The van der Waals surface area contributed by atoms with Gasteiger partial charge in [0, 0.05) is 45.8 Å². The molecule has 1 saturated heterocycles. The van der Waals surface area contributed by atoms with Crippen LogP contribution >= 0.6 is 24.0 Å². The van der Waals surface area contributed by atoms with Crippen LogP contribution < -0.4 is 10.6 Å². The minimum Gasteiger partial charge on any atom is -0.377 e. The fraction of sp³-hybridized carbons (Fsp3) is 0.696. The Morgan fingerprint density at radius 2 is 2.00 bits per heavy atom. The van der Waals surface area contributed by atoms with Gasteiger partial charge in [-0.1, -0.05) is 29.8 Å². The topological polar surface area (TPSA) is 58.1 Å². The number of nitrogens with zero attached hydrogens (tertiary/aromatic N) is 2. The number of hydrogen-bond donors (Lipinski definition) is 2. The highest BCUT2D eigenvalue weighted by Gasteiger charge is 2.27. The van der Waals surface area contributed by atoms with Crippen LogP contribution in [0.1, 0.15) is 43.4 Å². The van der Waals surface area contributed by atoms with E-state index >= 15 is 0 Å². The Kier molecular flexibility index (Phi) is 13.6. The zero-order chi connectivity index (χ0) is 21.1. The van der Waals surface area contributed by atoms with Gasteiger partial charge in [-0.3, -0.25) is 4.99 Å². The molecule has 30 heavy (non-hydrogen) atoms. The molecule has 1 aromatic carbocycles. The van der Waals surface area contributed by atoms with Gasteiger partial charge in [-0.15, -0.1) is 24.0 Å². The van der Waals surface area contributed by atoms with Crippen molar-refractivity contribution in [1.82, 2.24) is 15.5 Å². The molecule has 2 rings (SSSR count). The fourth-order valence-electron chi connectivity index (χ4n) is 3.72. The molecule has 1 heterocycles. The van der Waals surface area contributed by atoms with Crippen LogP contribution in [0.3, 0.4) is 0 Å². The number of aryl methyl sites for hydroxylation is 1. The van der Waals surface area contributed by atoms with Crippen LogP contribution in [0.2, 0.25) is 0 Å². The summed E-state index contributed by atoms with van der Waals surface area (Å²) in [6.07, 6.45) is 3.59. The normalized spacial score (nSPS) is 20.5. The Morgan fingerprint density at radius 1 is 1.27 bits per heavy atom. The highest BCUT2D eigenvalue weighted by Crippen LogP contribution is 2.33. The lowest BCUT2D eigenvalue weighted by Gasteiger charge is -2.33. The van der Waals surface area contributed by atoms with Crippen LogP contribution in [0, 0.1) is 12.8 Å². The van der Waals surface area contributed by atoms with Crippen LogP contribution in [0.25, 0.3) is 0 Å². The number of hydrogen-bond acceptors (Lipinski definition) is 4. The van der Waals surface area contributed by atoms with Gasteiger partial charge in [0.15, 0.2) is 5.96 Å². The molecule has 0 spiro atoms. The van der Waals surface area contributed by atoms with Crippen LogP contribution in [-0.4, -0.2) is 71.0 Å². The van der Waals surface area contributed by atoms with Crippen molar-refractivity contribution in [2.75, 3.05) is 54.0 Å². The summed E-state index contributed by atoms with van der Waals surface area (Å²) < 4.78 is 12.0. The number of rotatable bonds is 10. The third-order valence-corrected chi connectivity index (χ3v) is 5.40. The smallest absolute Gasteiger partial charge is 0.191 e. The highest BCUT2D eigenvalue weighted by molar-refractivity contribution is 14.0. The summed E-state index contributed by atoms with van der Waals surface area (Å²) >= 11 is 0. The van der Waals surface area contributed by atoms with Gasteiger partial charge in [0.05, 0.1) is 12.2 Å². The molecule has 3 atom stereocenters. The van der Waals surface area contributed by atoms with Crippen LogP contribution in [0.5, 0.6) is 0 Å². The average Bonchev–Trinajstić information content (AvgIpc) is 2.72. The molecule has 172 valence electrons. The SMILES string of the molecule is CCOC(CCN(C)C)CNC(=NC)NCC1CCCOC1c1ccc(C)cc1.I. The summed E-state index contributed by atoms with van der Waals surface area (Å²) in [5.41, 5.74) is 2.55. The lowest BCUT2D eigenvalue weighted by atomic mass is 9.89. The largest absolute Gasteiger partial charge is 0.377 e. The van der Waals surface area contributed by atoms with E-state index in [1.807, 2.05) is 14.0 Å². The Labute approximate surface area is 200 Å². The lowest BCUT2D eigenvalue weighted by Crippen LogP contribution is -2.45. The summed E-state index contributed by atoms with van der Waals surface area (Å²) in [5.74, 6) is 1.26. The minimum absolute atomic E-state index is 0. The molecule has 0 saturated carbocycles.